The first kappa shape index (κ1) is 20.0. The maximum atomic E-state index is 13.5. The second kappa shape index (κ2) is 7.74. The van der Waals surface area contributed by atoms with Gasteiger partial charge in [-0.05, 0) is 55.3 Å². The Morgan fingerprint density at radius 2 is 2.03 bits per heavy atom. The van der Waals surface area contributed by atoms with E-state index in [9.17, 15) is 4.79 Å². The molecule has 0 bridgehead atoms. The predicted molar refractivity (Wildman–Crippen MR) is 130 cm³/mol. The zero-order chi connectivity index (χ0) is 22.5. The van der Waals surface area contributed by atoms with E-state index in [0.29, 0.717) is 31.9 Å². The lowest BCUT2D eigenvalue weighted by Gasteiger charge is -2.21. The van der Waals surface area contributed by atoms with Gasteiger partial charge in [0.25, 0.3) is 5.91 Å². The number of aryl methyl sites for hydroxylation is 2. The van der Waals surface area contributed by atoms with Gasteiger partial charge < -0.3 is 19.2 Å². The minimum atomic E-state index is 0.0123. The number of thiazole rings is 1. The lowest BCUT2D eigenvalue weighted by atomic mass is 10.0. The van der Waals surface area contributed by atoms with E-state index in [2.05, 4.69) is 39.2 Å². The number of aromatic amines is 1. The van der Waals surface area contributed by atoms with Gasteiger partial charge in [0.05, 0.1) is 27.8 Å². The molecule has 0 spiro atoms. The van der Waals surface area contributed by atoms with E-state index in [0.717, 1.165) is 49.6 Å². The van der Waals surface area contributed by atoms with Crippen molar-refractivity contribution in [1.29, 1.82) is 0 Å². The number of hydrogen-bond donors (Lipinski definition) is 1. The number of hydrogen-bond acceptors (Lipinski definition) is 5. The van der Waals surface area contributed by atoms with Crippen molar-refractivity contribution in [3.8, 4) is 16.9 Å². The first-order valence-electron chi connectivity index (χ1n) is 11.0. The van der Waals surface area contributed by atoms with Crippen LogP contribution in [0.5, 0.6) is 5.75 Å². The molecule has 166 valence electrons. The second-order valence-corrected chi connectivity index (χ2v) is 9.15. The van der Waals surface area contributed by atoms with E-state index in [1.54, 1.807) is 11.3 Å². The number of H-pyrrole nitrogens is 1. The summed E-state index contributed by atoms with van der Waals surface area (Å²) in [6.07, 6.45) is 0. The van der Waals surface area contributed by atoms with Crippen LogP contribution >= 0.6 is 11.3 Å². The highest BCUT2D eigenvalue weighted by atomic mass is 32.1. The average molecular weight is 458 g/mol. The average Bonchev–Trinajstić information content (AvgIpc) is 3.46. The second-order valence-electron chi connectivity index (χ2n) is 8.27. The van der Waals surface area contributed by atoms with E-state index >= 15 is 0 Å². The summed E-state index contributed by atoms with van der Waals surface area (Å²) in [5.41, 5.74) is 8.56. The Kier molecular flexibility index (Phi) is 4.69. The van der Waals surface area contributed by atoms with Gasteiger partial charge in [0.1, 0.15) is 23.9 Å². The molecular weight excluding hydrogens is 434 g/mol. The first-order valence-corrected chi connectivity index (χ1v) is 11.9. The Morgan fingerprint density at radius 1 is 1.18 bits per heavy atom. The molecule has 0 fully saturated rings. The number of carbonyl (C=O) groups excluding carboxylic acids is 1. The van der Waals surface area contributed by atoms with E-state index in [4.69, 9.17) is 4.74 Å². The number of fused-ring (bicyclic) bond motifs is 3. The number of rotatable bonds is 3. The summed E-state index contributed by atoms with van der Waals surface area (Å²) >= 11 is 1.56. The van der Waals surface area contributed by atoms with Gasteiger partial charge in [-0.25, -0.2) is 9.97 Å². The number of ether oxygens (including phenoxy) is 1. The maximum Gasteiger partial charge on any atom is 0.271 e. The molecule has 7 nitrogen and oxygen atoms in total. The van der Waals surface area contributed by atoms with Crippen molar-refractivity contribution >= 4 is 38.6 Å². The summed E-state index contributed by atoms with van der Waals surface area (Å²) in [6.45, 7) is 6.22. The molecule has 1 amide bonds. The highest BCUT2D eigenvalue weighted by molar-refractivity contribution is 7.16. The lowest BCUT2D eigenvalue weighted by molar-refractivity contribution is 0.0723. The van der Waals surface area contributed by atoms with Crippen LogP contribution < -0.4 is 4.74 Å². The van der Waals surface area contributed by atoms with Crippen LogP contribution in [0.1, 0.15) is 28.8 Å². The predicted octanol–water partition coefficient (Wildman–Crippen LogP) is 5.00. The molecule has 6 rings (SSSR count). The van der Waals surface area contributed by atoms with Crippen LogP contribution in [0.2, 0.25) is 0 Å². The van der Waals surface area contributed by atoms with Crippen LogP contribution in [-0.2, 0) is 13.1 Å². The molecule has 0 aliphatic carbocycles. The monoisotopic (exact) mass is 457 g/mol. The van der Waals surface area contributed by atoms with Gasteiger partial charge in [0, 0.05) is 18.7 Å². The van der Waals surface area contributed by atoms with Crippen molar-refractivity contribution in [3.05, 3.63) is 65.1 Å². The molecule has 0 atom stereocenters. The van der Waals surface area contributed by atoms with E-state index in [1.807, 2.05) is 47.0 Å². The highest BCUT2D eigenvalue weighted by Crippen LogP contribution is 2.31. The Balaban J connectivity index is 1.34. The minimum Gasteiger partial charge on any atom is -0.491 e. The zero-order valence-electron chi connectivity index (χ0n) is 18.5. The van der Waals surface area contributed by atoms with Crippen LogP contribution in [0.3, 0.4) is 0 Å². The van der Waals surface area contributed by atoms with Gasteiger partial charge in [-0.3, -0.25) is 4.79 Å². The number of imidazole rings is 1. The summed E-state index contributed by atoms with van der Waals surface area (Å²) in [7, 11) is 0. The summed E-state index contributed by atoms with van der Waals surface area (Å²) in [5.74, 6) is 1.75. The number of nitrogens with zero attached hydrogens (tertiary/aromatic N) is 4. The summed E-state index contributed by atoms with van der Waals surface area (Å²) in [6, 6.07) is 14.4. The molecular formula is C25H23N5O2S. The van der Waals surface area contributed by atoms with Crippen molar-refractivity contribution in [2.45, 2.75) is 26.9 Å². The topological polar surface area (TPSA) is 76.0 Å². The molecule has 8 heteroatoms. The fourth-order valence-electron chi connectivity index (χ4n) is 4.59. The third-order valence-electron chi connectivity index (χ3n) is 6.19. The molecule has 0 saturated heterocycles. The smallest absolute Gasteiger partial charge is 0.271 e. The van der Waals surface area contributed by atoms with Crippen LogP contribution in [0, 0.1) is 6.92 Å². The largest absolute Gasteiger partial charge is 0.491 e. The molecule has 33 heavy (non-hydrogen) atoms. The zero-order valence-corrected chi connectivity index (χ0v) is 19.3. The van der Waals surface area contributed by atoms with Crippen LogP contribution in [0.4, 0.5) is 0 Å². The number of benzene rings is 2. The molecule has 0 radical (unpaired) electrons. The van der Waals surface area contributed by atoms with E-state index in [-0.39, 0.29) is 5.91 Å². The van der Waals surface area contributed by atoms with Gasteiger partial charge in [0.15, 0.2) is 5.65 Å². The lowest BCUT2D eigenvalue weighted by Crippen LogP contribution is -2.33. The first-order chi connectivity index (χ1) is 16.1. The van der Waals surface area contributed by atoms with Crippen molar-refractivity contribution in [1.82, 2.24) is 24.4 Å². The van der Waals surface area contributed by atoms with Crippen molar-refractivity contribution in [3.63, 3.8) is 0 Å². The molecule has 1 aliphatic rings. The van der Waals surface area contributed by atoms with Gasteiger partial charge in [-0.15, -0.1) is 11.3 Å². The number of carbonyl (C=O) groups is 1. The summed E-state index contributed by atoms with van der Waals surface area (Å²) in [4.78, 5) is 27.6. The van der Waals surface area contributed by atoms with Crippen LogP contribution in [-0.4, -0.2) is 43.5 Å². The number of amides is 1. The summed E-state index contributed by atoms with van der Waals surface area (Å²) in [5, 5.41) is 0. The molecule has 1 aliphatic heterocycles. The Hall–Kier alpha value is -3.65. The van der Waals surface area contributed by atoms with E-state index < -0.39 is 0 Å². The van der Waals surface area contributed by atoms with Gasteiger partial charge in [-0.1, -0.05) is 12.1 Å². The third-order valence-corrected chi connectivity index (χ3v) is 6.95. The fourth-order valence-corrected chi connectivity index (χ4v) is 5.30. The fraction of sp³-hybridized carbons (Fsp3) is 0.240. The van der Waals surface area contributed by atoms with Gasteiger partial charge >= 0.3 is 0 Å². The Labute approximate surface area is 194 Å². The third kappa shape index (κ3) is 3.38. The SMILES string of the molecule is CCn1c(C(=O)N2CCOc3ccc(-c4ccc5nc(C)[nH]c5c4)cc3C2)cc2scnc21. The van der Waals surface area contributed by atoms with Crippen molar-refractivity contribution in [2.75, 3.05) is 13.2 Å². The molecule has 1 N–H and O–H groups in total. The van der Waals surface area contributed by atoms with E-state index in [1.165, 1.54) is 0 Å². The molecule has 2 aromatic carbocycles. The molecule has 4 heterocycles. The minimum absolute atomic E-state index is 0.0123. The maximum absolute atomic E-state index is 13.5. The van der Waals surface area contributed by atoms with Gasteiger partial charge in [0.2, 0.25) is 0 Å². The molecule has 3 aromatic heterocycles. The van der Waals surface area contributed by atoms with Gasteiger partial charge in [-0.2, -0.15) is 0 Å². The highest BCUT2D eigenvalue weighted by Gasteiger charge is 2.25. The Morgan fingerprint density at radius 3 is 2.91 bits per heavy atom. The Bertz CT molecular complexity index is 1510. The van der Waals surface area contributed by atoms with Crippen molar-refractivity contribution in [2.24, 2.45) is 0 Å². The number of aromatic nitrogens is 4. The molecule has 0 unspecified atom stereocenters. The van der Waals surface area contributed by atoms with Crippen LogP contribution in [0.25, 0.3) is 32.5 Å². The molecule has 0 saturated carbocycles. The number of nitrogens with one attached hydrogen (secondary N) is 1. The van der Waals surface area contributed by atoms with Crippen molar-refractivity contribution < 1.29 is 9.53 Å². The normalized spacial score (nSPS) is 13.8. The quantitative estimate of drug-likeness (QED) is 0.413. The van der Waals surface area contributed by atoms with Crippen LogP contribution in [0.15, 0.2) is 48.0 Å². The summed E-state index contributed by atoms with van der Waals surface area (Å²) < 4.78 is 9.04. The standard InChI is InChI=1S/C25H23N5O2S/c1-3-30-21(12-23-24(30)26-14-33-23)25(31)29-8-9-32-22-7-5-16(10-18(22)13-29)17-4-6-19-20(11-17)28-15(2)27-19/h4-7,10-12,14H,3,8-9,13H2,1-2H3,(H,27,28). The molecule has 5 aromatic rings.